The summed E-state index contributed by atoms with van der Waals surface area (Å²) in [6.07, 6.45) is 0.109. The summed E-state index contributed by atoms with van der Waals surface area (Å²) in [6, 6.07) is 7.62. The van der Waals surface area contributed by atoms with Crippen LogP contribution >= 0.6 is 0 Å². The molecule has 0 aromatic heterocycles. The third-order valence-electron chi connectivity index (χ3n) is 3.32. The summed E-state index contributed by atoms with van der Waals surface area (Å²) in [4.78, 5) is 36.7. The Kier molecular flexibility index (Phi) is 8.49. The number of hydrogen-bond donors (Lipinski definition) is 2. The largest absolute Gasteiger partial charge is 0.450 e. The van der Waals surface area contributed by atoms with Crippen molar-refractivity contribution in [1.29, 1.82) is 0 Å². The van der Waals surface area contributed by atoms with E-state index in [1.807, 2.05) is 38.1 Å². The first kappa shape index (κ1) is 19.6. The number of aryl methyl sites for hydroxylation is 1. The number of hydrogen-bond acceptors (Lipinski definition) is 5. The summed E-state index contributed by atoms with van der Waals surface area (Å²) >= 11 is 0. The standard InChI is InChI=1S/C17H25N3O4/c1-4-13-8-7-9-14(10-13)18-15(21)11-20(5-2)12-16(22)19-17(23)24-6-3/h7-10H,4-6,11-12H2,1-3H3,(H,18,21)(H,19,22,23). The zero-order chi connectivity index (χ0) is 17.9. The van der Waals surface area contributed by atoms with Crippen LogP contribution in [0, 0.1) is 0 Å². The summed E-state index contributed by atoms with van der Waals surface area (Å²) in [6.45, 7) is 6.22. The van der Waals surface area contributed by atoms with Crippen molar-refractivity contribution in [3.63, 3.8) is 0 Å². The number of anilines is 1. The van der Waals surface area contributed by atoms with Crippen molar-refractivity contribution < 1.29 is 19.1 Å². The molecule has 24 heavy (non-hydrogen) atoms. The number of ether oxygens (including phenoxy) is 1. The van der Waals surface area contributed by atoms with Crippen LogP contribution in [0.3, 0.4) is 0 Å². The Morgan fingerprint density at radius 3 is 2.42 bits per heavy atom. The fourth-order valence-electron chi connectivity index (χ4n) is 2.08. The van der Waals surface area contributed by atoms with Gasteiger partial charge in [0.15, 0.2) is 0 Å². The first-order chi connectivity index (χ1) is 11.5. The SMILES string of the molecule is CCOC(=O)NC(=O)CN(CC)CC(=O)Nc1cccc(CC)c1. The van der Waals surface area contributed by atoms with E-state index in [0.29, 0.717) is 6.54 Å². The number of carbonyl (C=O) groups excluding carboxylic acids is 3. The Hall–Kier alpha value is -2.41. The molecule has 0 fully saturated rings. The Morgan fingerprint density at radius 1 is 1.08 bits per heavy atom. The molecular weight excluding hydrogens is 310 g/mol. The quantitative estimate of drug-likeness (QED) is 0.756. The van der Waals surface area contributed by atoms with Crippen molar-refractivity contribution in [2.24, 2.45) is 0 Å². The summed E-state index contributed by atoms with van der Waals surface area (Å²) in [5.41, 5.74) is 1.86. The molecule has 0 saturated carbocycles. The minimum Gasteiger partial charge on any atom is -0.450 e. The topological polar surface area (TPSA) is 87.7 Å². The lowest BCUT2D eigenvalue weighted by atomic mass is 10.1. The Balaban J connectivity index is 2.50. The summed E-state index contributed by atoms with van der Waals surface area (Å²) in [5, 5.41) is 4.92. The van der Waals surface area contributed by atoms with Crippen LogP contribution in [0.1, 0.15) is 26.3 Å². The molecule has 0 saturated heterocycles. The number of nitrogens with zero attached hydrogens (tertiary/aromatic N) is 1. The number of nitrogens with one attached hydrogen (secondary N) is 2. The van der Waals surface area contributed by atoms with Crippen LogP contribution in [0.15, 0.2) is 24.3 Å². The molecule has 0 atom stereocenters. The van der Waals surface area contributed by atoms with E-state index in [0.717, 1.165) is 17.7 Å². The molecule has 0 unspecified atom stereocenters. The van der Waals surface area contributed by atoms with Gasteiger partial charge < -0.3 is 10.1 Å². The summed E-state index contributed by atoms with van der Waals surface area (Å²) < 4.78 is 4.64. The number of carbonyl (C=O) groups is 3. The van der Waals surface area contributed by atoms with Gasteiger partial charge in [0.25, 0.3) is 0 Å². The maximum Gasteiger partial charge on any atom is 0.413 e. The van der Waals surface area contributed by atoms with Crippen LogP contribution in [-0.2, 0) is 20.7 Å². The average molecular weight is 335 g/mol. The lowest BCUT2D eigenvalue weighted by molar-refractivity contribution is -0.122. The third kappa shape index (κ3) is 7.23. The number of rotatable bonds is 8. The monoisotopic (exact) mass is 335 g/mol. The van der Waals surface area contributed by atoms with E-state index in [4.69, 9.17) is 0 Å². The van der Waals surface area contributed by atoms with Gasteiger partial charge in [-0.25, -0.2) is 4.79 Å². The maximum absolute atomic E-state index is 12.1. The molecule has 3 amide bonds. The van der Waals surface area contributed by atoms with Crippen molar-refractivity contribution in [2.45, 2.75) is 27.2 Å². The van der Waals surface area contributed by atoms with Gasteiger partial charge in [-0.3, -0.25) is 19.8 Å². The van der Waals surface area contributed by atoms with E-state index in [1.54, 1.807) is 11.8 Å². The molecule has 1 aromatic carbocycles. The molecule has 0 spiro atoms. The molecule has 0 radical (unpaired) electrons. The average Bonchev–Trinajstić information content (AvgIpc) is 2.54. The molecular formula is C17H25N3O4. The zero-order valence-electron chi connectivity index (χ0n) is 14.4. The molecule has 1 aromatic rings. The molecule has 7 nitrogen and oxygen atoms in total. The smallest absolute Gasteiger partial charge is 0.413 e. The second kappa shape index (κ2) is 10.4. The minimum absolute atomic E-state index is 0.0578. The number of benzene rings is 1. The van der Waals surface area contributed by atoms with Gasteiger partial charge in [0, 0.05) is 5.69 Å². The fraction of sp³-hybridized carbons (Fsp3) is 0.471. The lowest BCUT2D eigenvalue weighted by Crippen LogP contribution is -2.43. The van der Waals surface area contributed by atoms with Gasteiger partial charge in [-0.15, -0.1) is 0 Å². The predicted molar refractivity (Wildman–Crippen MR) is 91.7 cm³/mol. The molecule has 2 N–H and O–H groups in total. The maximum atomic E-state index is 12.1. The van der Waals surface area contributed by atoms with Gasteiger partial charge in [0.1, 0.15) is 0 Å². The Morgan fingerprint density at radius 2 is 1.79 bits per heavy atom. The Bertz CT molecular complexity index is 575. The first-order valence-electron chi connectivity index (χ1n) is 8.06. The number of amides is 3. The van der Waals surface area contributed by atoms with Crippen molar-refractivity contribution in [3.8, 4) is 0 Å². The van der Waals surface area contributed by atoms with Crippen LogP contribution in [0.5, 0.6) is 0 Å². The second-order valence-electron chi connectivity index (χ2n) is 5.17. The van der Waals surface area contributed by atoms with E-state index >= 15 is 0 Å². The molecule has 1 rings (SSSR count). The number of imide groups is 1. The van der Waals surface area contributed by atoms with Gasteiger partial charge in [-0.1, -0.05) is 26.0 Å². The van der Waals surface area contributed by atoms with Crippen molar-refractivity contribution in [2.75, 3.05) is 31.6 Å². The van der Waals surface area contributed by atoms with Gasteiger partial charge in [0.2, 0.25) is 11.8 Å². The van der Waals surface area contributed by atoms with Gasteiger partial charge in [-0.05, 0) is 37.6 Å². The highest BCUT2D eigenvalue weighted by atomic mass is 16.5. The highest BCUT2D eigenvalue weighted by Crippen LogP contribution is 2.11. The van der Waals surface area contributed by atoms with Crippen molar-refractivity contribution in [3.05, 3.63) is 29.8 Å². The highest BCUT2D eigenvalue weighted by Gasteiger charge is 2.15. The summed E-state index contributed by atoms with van der Waals surface area (Å²) in [7, 11) is 0. The lowest BCUT2D eigenvalue weighted by Gasteiger charge is -2.19. The summed E-state index contributed by atoms with van der Waals surface area (Å²) in [5.74, 6) is -0.717. The van der Waals surface area contributed by atoms with Crippen LogP contribution in [0.4, 0.5) is 10.5 Å². The molecule has 7 heteroatoms. The molecule has 0 bridgehead atoms. The van der Waals surface area contributed by atoms with E-state index in [1.165, 1.54) is 0 Å². The second-order valence-corrected chi connectivity index (χ2v) is 5.17. The van der Waals surface area contributed by atoms with Crippen LogP contribution < -0.4 is 10.6 Å². The molecule has 0 aliphatic rings. The molecule has 0 heterocycles. The third-order valence-corrected chi connectivity index (χ3v) is 3.32. The zero-order valence-corrected chi connectivity index (χ0v) is 14.4. The number of likely N-dealkylation sites (N-methyl/N-ethyl adjacent to an activating group) is 1. The van der Waals surface area contributed by atoms with E-state index in [2.05, 4.69) is 15.4 Å². The fourth-order valence-corrected chi connectivity index (χ4v) is 2.08. The predicted octanol–water partition coefficient (Wildman–Crippen LogP) is 1.78. The van der Waals surface area contributed by atoms with Gasteiger partial charge >= 0.3 is 6.09 Å². The van der Waals surface area contributed by atoms with Crippen molar-refractivity contribution >= 4 is 23.6 Å². The number of alkyl carbamates (subject to hydrolysis) is 1. The first-order valence-corrected chi connectivity index (χ1v) is 8.06. The van der Waals surface area contributed by atoms with Gasteiger partial charge in [0.05, 0.1) is 19.7 Å². The molecule has 132 valence electrons. The van der Waals surface area contributed by atoms with Crippen LogP contribution in [0.25, 0.3) is 0 Å². The van der Waals surface area contributed by atoms with Crippen LogP contribution in [-0.4, -0.2) is 49.0 Å². The van der Waals surface area contributed by atoms with E-state index in [-0.39, 0.29) is 25.6 Å². The highest BCUT2D eigenvalue weighted by molar-refractivity contribution is 5.94. The van der Waals surface area contributed by atoms with Gasteiger partial charge in [-0.2, -0.15) is 0 Å². The molecule has 0 aliphatic heterocycles. The van der Waals surface area contributed by atoms with Crippen LogP contribution in [0.2, 0.25) is 0 Å². The Labute approximate surface area is 142 Å². The van der Waals surface area contributed by atoms with Crippen molar-refractivity contribution in [1.82, 2.24) is 10.2 Å². The molecule has 0 aliphatic carbocycles. The minimum atomic E-state index is -0.778. The van der Waals surface area contributed by atoms with E-state index in [9.17, 15) is 14.4 Å². The van der Waals surface area contributed by atoms with E-state index < -0.39 is 12.0 Å². The normalized spacial score (nSPS) is 10.3.